The Balaban J connectivity index is 1.91. The second-order valence-corrected chi connectivity index (χ2v) is 7.03. The summed E-state index contributed by atoms with van der Waals surface area (Å²) < 4.78 is 0.418. The van der Waals surface area contributed by atoms with Crippen LogP contribution in [0.3, 0.4) is 0 Å². The molecule has 0 bridgehead atoms. The summed E-state index contributed by atoms with van der Waals surface area (Å²) in [6.45, 7) is 0. The molecule has 1 nitrogen and oxygen atoms in total. The third-order valence-electron chi connectivity index (χ3n) is 2.87. The van der Waals surface area contributed by atoms with Gasteiger partial charge in [0.1, 0.15) is 0 Å². The molecule has 0 N–H and O–H groups in total. The molecule has 90 valence electrons. The van der Waals surface area contributed by atoms with E-state index in [1.165, 1.54) is 10.8 Å². The van der Waals surface area contributed by atoms with Gasteiger partial charge in [0.05, 0.1) is 15.1 Å². The van der Waals surface area contributed by atoms with Crippen molar-refractivity contribution in [2.75, 3.05) is 0 Å². The number of alkyl halides is 1. The van der Waals surface area contributed by atoms with E-state index in [4.69, 9.17) is 0 Å². The lowest BCUT2D eigenvalue weighted by molar-refractivity contribution is 1.50. The Morgan fingerprint density at radius 1 is 1.06 bits per heavy atom. The number of hydrogen-bond donors (Lipinski definition) is 0. The summed E-state index contributed by atoms with van der Waals surface area (Å²) in [5.74, 6) is 0. The first kappa shape index (κ1) is 12.0. The van der Waals surface area contributed by atoms with Crippen LogP contribution in [-0.2, 0) is 0 Å². The van der Waals surface area contributed by atoms with Gasteiger partial charge in [-0.3, -0.25) is 4.99 Å². The Kier molecular flexibility index (Phi) is 3.52. The molecule has 0 saturated heterocycles. The first-order chi connectivity index (χ1) is 8.83. The van der Waals surface area contributed by atoms with E-state index in [0.29, 0.717) is 9.41 Å². The normalized spacial score (nSPS) is 23.2. The van der Waals surface area contributed by atoms with Gasteiger partial charge in [-0.2, -0.15) is 0 Å². The first-order valence-corrected chi connectivity index (χ1v) is 7.68. The second-order valence-electron chi connectivity index (χ2n) is 4.11. The molecular formula is C15H12BrNS. The molecule has 0 fully saturated rings. The van der Waals surface area contributed by atoms with Crippen LogP contribution in [0.2, 0.25) is 0 Å². The highest BCUT2D eigenvalue weighted by atomic mass is 79.9. The third-order valence-corrected chi connectivity index (χ3v) is 4.83. The van der Waals surface area contributed by atoms with E-state index in [1.807, 2.05) is 18.0 Å². The van der Waals surface area contributed by atoms with E-state index in [0.717, 1.165) is 5.69 Å². The minimum absolute atomic E-state index is 0.369. The fourth-order valence-corrected chi connectivity index (χ4v) is 3.72. The van der Waals surface area contributed by atoms with Crippen LogP contribution in [0.4, 0.5) is 5.69 Å². The summed E-state index contributed by atoms with van der Waals surface area (Å²) in [4.78, 5) is 4.63. The lowest BCUT2D eigenvalue weighted by Crippen LogP contribution is -1.96. The predicted molar refractivity (Wildman–Crippen MR) is 85.3 cm³/mol. The molecule has 2 aromatic carbocycles. The minimum Gasteiger partial charge on any atom is -0.259 e. The lowest BCUT2D eigenvalue weighted by atomic mass is 10.1. The Hall–Kier alpha value is -1.06. The lowest BCUT2D eigenvalue weighted by Gasteiger charge is -2.03. The van der Waals surface area contributed by atoms with Gasteiger partial charge in [-0.15, -0.1) is 11.8 Å². The molecule has 0 radical (unpaired) electrons. The van der Waals surface area contributed by atoms with Crippen molar-refractivity contribution in [1.82, 2.24) is 0 Å². The van der Waals surface area contributed by atoms with Crippen molar-refractivity contribution in [2.45, 2.75) is 9.41 Å². The zero-order chi connectivity index (χ0) is 12.4. The topological polar surface area (TPSA) is 12.4 Å². The Labute approximate surface area is 119 Å². The molecule has 0 aromatic heterocycles. The quantitative estimate of drug-likeness (QED) is 0.434. The van der Waals surface area contributed by atoms with Crippen LogP contribution in [0.5, 0.6) is 0 Å². The molecular weight excluding hydrogens is 306 g/mol. The number of halogens is 1. The van der Waals surface area contributed by atoms with Gasteiger partial charge in [0, 0.05) is 11.6 Å². The van der Waals surface area contributed by atoms with Gasteiger partial charge in [-0.1, -0.05) is 64.5 Å². The van der Waals surface area contributed by atoms with Crippen LogP contribution in [-0.4, -0.2) is 15.6 Å². The van der Waals surface area contributed by atoms with E-state index >= 15 is 0 Å². The van der Waals surface area contributed by atoms with Crippen molar-refractivity contribution in [3.63, 3.8) is 0 Å². The SMILES string of the molecule is BrC1C=CC(C=Nc2cccc3ccccc23)S1. The highest BCUT2D eigenvalue weighted by molar-refractivity contribution is 9.11. The Morgan fingerprint density at radius 3 is 2.72 bits per heavy atom. The number of rotatable bonds is 2. The summed E-state index contributed by atoms with van der Waals surface area (Å²) in [5.41, 5.74) is 1.04. The van der Waals surface area contributed by atoms with Gasteiger partial charge in [0.2, 0.25) is 0 Å². The van der Waals surface area contributed by atoms with Crippen molar-refractivity contribution < 1.29 is 0 Å². The number of benzene rings is 2. The standard InChI is InChI=1S/C15H12BrNS/c16-15-9-8-12(18-15)10-17-14-7-3-5-11-4-1-2-6-13(11)14/h1-10,12,15H. The van der Waals surface area contributed by atoms with Crippen LogP contribution in [0.25, 0.3) is 10.8 Å². The van der Waals surface area contributed by atoms with Gasteiger partial charge in [0.15, 0.2) is 0 Å². The van der Waals surface area contributed by atoms with Gasteiger partial charge in [0.25, 0.3) is 0 Å². The van der Waals surface area contributed by atoms with Gasteiger partial charge in [-0.05, 0) is 11.5 Å². The van der Waals surface area contributed by atoms with E-state index in [2.05, 4.69) is 75.5 Å². The molecule has 0 amide bonds. The smallest absolute Gasteiger partial charge is 0.0790 e. The molecule has 18 heavy (non-hydrogen) atoms. The van der Waals surface area contributed by atoms with Crippen LogP contribution in [0, 0.1) is 0 Å². The van der Waals surface area contributed by atoms with E-state index in [9.17, 15) is 0 Å². The highest BCUT2D eigenvalue weighted by Crippen LogP contribution is 2.31. The van der Waals surface area contributed by atoms with Crippen LogP contribution >= 0.6 is 27.7 Å². The number of thioether (sulfide) groups is 1. The van der Waals surface area contributed by atoms with E-state index < -0.39 is 0 Å². The maximum atomic E-state index is 4.63. The maximum absolute atomic E-state index is 4.63. The molecule has 2 unspecified atom stereocenters. The molecule has 2 aromatic rings. The number of nitrogens with zero attached hydrogens (tertiary/aromatic N) is 1. The molecule has 3 rings (SSSR count). The van der Waals surface area contributed by atoms with Gasteiger partial charge < -0.3 is 0 Å². The summed E-state index contributed by atoms with van der Waals surface area (Å²) in [7, 11) is 0. The number of fused-ring (bicyclic) bond motifs is 1. The fourth-order valence-electron chi connectivity index (χ4n) is 2.00. The molecule has 0 aliphatic carbocycles. The molecule has 0 saturated carbocycles. The predicted octanol–water partition coefficient (Wildman–Crippen LogP) is 4.93. The summed E-state index contributed by atoms with van der Waals surface area (Å²) in [6.07, 6.45) is 6.35. The molecule has 2 atom stereocenters. The van der Waals surface area contributed by atoms with Gasteiger partial charge in [-0.25, -0.2) is 0 Å². The summed E-state index contributed by atoms with van der Waals surface area (Å²) >= 11 is 5.41. The number of aliphatic imine (C=N–C) groups is 1. The average molecular weight is 318 g/mol. The molecule has 1 aliphatic rings. The summed E-state index contributed by atoms with van der Waals surface area (Å²) in [5, 5.41) is 2.81. The van der Waals surface area contributed by atoms with Gasteiger partial charge >= 0.3 is 0 Å². The Bertz CT molecular complexity index is 615. The first-order valence-electron chi connectivity index (χ1n) is 5.83. The van der Waals surface area contributed by atoms with E-state index in [-0.39, 0.29) is 0 Å². The monoisotopic (exact) mass is 317 g/mol. The third kappa shape index (κ3) is 2.52. The minimum atomic E-state index is 0.369. The molecule has 1 aliphatic heterocycles. The molecule has 3 heteroatoms. The molecule has 1 heterocycles. The second kappa shape index (κ2) is 5.29. The van der Waals surface area contributed by atoms with Crippen molar-refractivity contribution in [1.29, 1.82) is 0 Å². The number of hydrogen-bond acceptors (Lipinski definition) is 2. The zero-order valence-corrected chi connectivity index (χ0v) is 12.1. The molecule has 0 spiro atoms. The fraction of sp³-hybridized carbons (Fsp3) is 0.133. The van der Waals surface area contributed by atoms with Crippen molar-refractivity contribution in [3.05, 3.63) is 54.6 Å². The highest BCUT2D eigenvalue weighted by Gasteiger charge is 2.14. The van der Waals surface area contributed by atoms with Crippen molar-refractivity contribution >= 4 is 50.4 Å². The van der Waals surface area contributed by atoms with Crippen molar-refractivity contribution in [2.24, 2.45) is 4.99 Å². The summed E-state index contributed by atoms with van der Waals surface area (Å²) in [6, 6.07) is 14.6. The van der Waals surface area contributed by atoms with E-state index in [1.54, 1.807) is 0 Å². The maximum Gasteiger partial charge on any atom is 0.0790 e. The zero-order valence-electron chi connectivity index (χ0n) is 9.66. The van der Waals surface area contributed by atoms with Crippen molar-refractivity contribution in [3.8, 4) is 0 Å². The van der Waals surface area contributed by atoms with Crippen LogP contribution < -0.4 is 0 Å². The average Bonchev–Trinajstić information content (AvgIpc) is 2.82. The van der Waals surface area contributed by atoms with Crippen LogP contribution in [0.1, 0.15) is 0 Å². The van der Waals surface area contributed by atoms with Crippen LogP contribution in [0.15, 0.2) is 59.6 Å². The Morgan fingerprint density at radius 2 is 1.89 bits per heavy atom. The largest absolute Gasteiger partial charge is 0.259 e.